The van der Waals surface area contributed by atoms with E-state index in [2.05, 4.69) is 30.3 Å². The zero-order chi connectivity index (χ0) is 23.0. The molecule has 1 atom stereocenters. The summed E-state index contributed by atoms with van der Waals surface area (Å²) < 4.78 is 0. The van der Waals surface area contributed by atoms with E-state index in [4.69, 9.17) is 5.11 Å². The highest BCUT2D eigenvalue weighted by atomic mass is 16.6. The Kier molecular flexibility index (Phi) is 5.43. The Morgan fingerprint density at radius 2 is 1.50 bits per heavy atom. The topological polar surface area (TPSA) is 150 Å². The molecule has 0 saturated carbocycles. The molecule has 10 nitrogen and oxygen atoms in total. The zero-order valence-corrected chi connectivity index (χ0v) is 16.9. The van der Waals surface area contributed by atoms with Gasteiger partial charge in [-0.05, 0) is 65.5 Å². The highest BCUT2D eigenvalue weighted by Crippen LogP contribution is 2.44. The first-order valence-corrected chi connectivity index (χ1v) is 10.1. The number of nitro groups is 3. The maximum atomic E-state index is 10.4. The number of phenols is 1. The number of hydrogen-bond donors (Lipinski definition) is 1. The van der Waals surface area contributed by atoms with Crippen LogP contribution in [0.2, 0.25) is 0 Å². The first-order chi connectivity index (χ1) is 15.3. The van der Waals surface area contributed by atoms with Crippen LogP contribution in [0.1, 0.15) is 41.9 Å². The summed E-state index contributed by atoms with van der Waals surface area (Å²) in [5.41, 5.74) is 1.94. The third-order valence-electron chi connectivity index (χ3n) is 6.09. The van der Waals surface area contributed by atoms with Gasteiger partial charge in [-0.3, -0.25) is 30.3 Å². The van der Waals surface area contributed by atoms with Crippen molar-refractivity contribution < 1.29 is 19.9 Å². The van der Waals surface area contributed by atoms with E-state index < -0.39 is 37.6 Å². The van der Waals surface area contributed by atoms with Crippen molar-refractivity contribution in [1.29, 1.82) is 0 Å². The molecule has 1 N–H and O–H groups in total. The lowest BCUT2D eigenvalue weighted by Crippen LogP contribution is -2.15. The van der Waals surface area contributed by atoms with E-state index in [0.717, 1.165) is 5.92 Å². The largest absolute Gasteiger partial charge is 0.497 e. The maximum Gasteiger partial charge on any atom is 0.324 e. The van der Waals surface area contributed by atoms with Gasteiger partial charge in [0.2, 0.25) is 0 Å². The molecule has 164 valence electrons. The molecule has 2 aliphatic carbocycles. The van der Waals surface area contributed by atoms with E-state index in [9.17, 15) is 30.3 Å². The third kappa shape index (κ3) is 3.70. The molecule has 0 saturated heterocycles. The van der Waals surface area contributed by atoms with Gasteiger partial charge in [-0.1, -0.05) is 30.3 Å². The monoisotopic (exact) mass is 437 g/mol. The quantitative estimate of drug-likeness (QED) is 0.430. The molecular weight excluding hydrogens is 418 g/mol. The predicted octanol–water partition coefficient (Wildman–Crippen LogP) is 5.32. The Morgan fingerprint density at radius 3 is 2.12 bits per heavy atom. The highest BCUT2D eigenvalue weighted by molar-refractivity contribution is 5.91. The van der Waals surface area contributed by atoms with Crippen LogP contribution in [0.15, 0.2) is 42.5 Å². The van der Waals surface area contributed by atoms with Crippen molar-refractivity contribution in [2.24, 2.45) is 0 Å². The fourth-order valence-electron chi connectivity index (χ4n) is 4.70. The lowest BCUT2D eigenvalue weighted by atomic mass is 9.73. The Labute approximate surface area is 181 Å². The van der Waals surface area contributed by atoms with E-state index in [-0.39, 0.29) is 0 Å². The average molecular weight is 437 g/mol. The molecule has 0 fully saturated rings. The molecule has 0 amide bonds. The average Bonchev–Trinajstić information content (AvgIpc) is 2.77. The van der Waals surface area contributed by atoms with E-state index in [0.29, 0.717) is 12.1 Å². The van der Waals surface area contributed by atoms with E-state index in [1.165, 1.54) is 37.5 Å². The van der Waals surface area contributed by atoms with Gasteiger partial charge in [-0.2, -0.15) is 0 Å². The molecule has 0 spiro atoms. The Balaban J connectivity index is 0.000000153. The number of benzene rings is 3. The number of hydrogen-bond acceptors (Lipinski definition) is 7. The second-order valence-electron chi connectivity index (χ2n) is 7.89. The van der Waals surface area contributed by atoms with Crippen molar-refractivity contribution in [2.45, 2.75) is 38.0 Å². The molecule has 1 unspecified atom stereocenters. The Morgan fingerprint density at radius 1 is 0.812 bits per heavy atom. The van der Waals surface area contributed by atoms with Gasteiger partial charge in [0.15, 0.2) is 0 Å². The minimum Gasteiger partial charge on any atom is -0.497 e. The summed E-state index contributed by atoms with van der Waals surface area (Å²) in [6.45, 7) is 0. The molecule has 0 aromatic heterocycles. The van der Waals surface area contributed by atoms with Gasteiger partial charge in [-0.25, -0.2) is 0 Å². The SMILES string of the molecule is O=[N+]([O-])c1cc([N+](=O)[O-])c(O)c([N+](=O)[O-])c1.c1cc2c3c4c(ccc3c1)CCCC4CC2. The van der Waals surface area contributed by atoms with Crippen LogP contribution in [0.4, 0.5) is 17.1 Å². The standard InChI is InChI=1S/C16H16.C6H3N3O7/c1-3-11-7-9-13-5-2-6-14-10-8-12(4-1)15(11)16(13)14;10-6-4(8(13)14)1-3(7(11)12)2-5(6)9(15)16/h1,3-4,7,9,14H,2,5-6,8,10H2;1-2,10H. The van der Waals surface area contributed by atoms with Gasteiger partial charge in [0.1, 0.15) is 0 Å². The summed E-state index contributed by atoms with van der Waals surface area (Å²) in [7, 11) is 0. The van der Waals surface area contributed by atoms with Crippen molar-refractivity contribution >= 4 is 27.8 Å². The van der Waals surface area contributed by atoms with Crippen LogP contribution in [-0.4, -0.2) is 19.9 Å². The van der Waals surface area contributed by atoms with Crippen LogP contribution in [0.3, 0.4) is 0 Å². The van der Waals surface area contributed by atoms with Crippen molar-refractivity contribution in [1.82, 2.24) is 0 Å². The lowest BCUT2D eigenvalue weighted by Gasteiger charge is -2.31. The minimum absolute atomic E-state index is 0.447. The van der Waals surface area contributed by atoms with Crippen molar-refractivity contribution in [2.75, 3.05) is 0 Å². The number of non-ortho nitro benzene ring substituents is 1. The fraction of sp³-hybridized carbons (Fsp3) is 0.273. The van der Waals surface area contributed by atoms with Crippen LogP contribution in [0.25, 0.3) is 10.8 Å². The van der Waals surface area contributed by atoms with E-state index >= 15 is 0 Å². The second-order valence-corrected chi connectivity index (χ2v) is 7.89. The molecule has 5 rings (SSSR count). The number of nitro benzene ring substituents is 3. The second kappa shape index (κ2) is 8.22. The Hall–Kier alpha value is -4.08. The minimum atomic E-state index is -1.21. The third-order valence-corrected chi connectivity index (χ3v) is 6.09. The van der Waals surface area contributed by atoms with Crippen molar-refractivity contribution in [3.05, 3.63) is 89.5 Å². The molecule has 0 bridgehead atoms. The molecule has 2 aliphatic rings. The van der Waals surface area contributed by atoms with Crippen LogP contribution in [0.5, 0.6) is 5.75 Å². The fourth-order valence-corrected chi connectivity index (χ4v) is 4.70. The van der Waals surface area contributed by atoms with Crippen LogP contribution >= 0.6 is 0 Å². The van der Waals surface area contributed by atoms with Gasteiger partial charge >= 0.3 is 11.4 Å². The summed E-state index contributed by atoms with van der Waals surface area (Å²) in [4.78, 5) is 27.8. The highest BCUT2D eigenvalue weighted by Gasteiger charge is 2.30. The van der Waals surface area contributed by atoms with Crippen molar-refractivity contribution in [3.63, 3.8) is 0 Å². The maximum absolute atomic E-state index is 10.4. The number of aromatic hydroxyl groups is 1. The summed E-state index contributed by atoms with van der Waals surface area (Å²) in [6.07, 6.45) is 6.78. The van der Waals surface area contributed by atoms with Crippen LogP contribution in [0, 0.1) is 30.3 Å². The van der Waals surface area contributed by atoms with Gasteiger partial charge in [0.05, 0.1) is 26.9 Å². The number of phenolic OH excluding ortho intramolecular Hbond substituents is 1. The molecule has 0 radical (unpaired) electrons. The predicted molar refractivity (Wildman–Crippen MR) is 116 cm³/mol. The van der Waals surface area contributed by atoms with Gasteiger partial charge in [0, 0.05) is 0 Å². The van der Waals surface area contributed by atoms with E-state index in [1.807, 2.05) is 0 Å². The smallest absolute Gasteiger partial charge is 0.324 e. The van der Waals surface area contributed by atoms with E-state index in [1.54, 1.807) is 22.1 Å². The van der Waals surface area contributed by atoms with Crippen molar-refractivity contribution in [3.8, 4) is 5.75 Å². The summed E-state index contributed by atoms with van der Waals surface area (Å²) in [5.74, 6) is -0.344. The number of nitrogens with zero attached hydrogens (tertiary/aromatic N) is 3. The first kappa shape index (κ1) is 21.2. The normalized spacial score (nSPS) is 16.1. The zero-order valence-electron chi connectivity index (χ0n) is 16.9. The lowest BCUT2D eigenvalue weighted by molar-refractivity contribution is -0.404. The first-order valence-electron chi connectivity index (χ1n) is 10.1. The van der Waals surface area contributed by atoms with Crippen LogP contribution in [-0.2, 0) is 12.8 Å². The summed E-state index contributed by atoms with van der Waals surface area (Å²) in [6, 6.07) is 12.4. The number of rotatable bonds is 3. The molecule has 3 aromatic carbocycles. The molecule has 3 aromatic rings. The Bertz CT molecular complexity index is 1240. The molecule has 10 heteroatoms. The molecule has 0 heterocycles. The van der Waals surface area contributed by atoms with Gasteiger partial charge in [-0.15, -0.1) is 0 Å². The van der Waals surface area contributed by atoms with Gasteiger partial charge in [0.25, 0.3) is 11.4 Å². The molecule has 32 heavy (non-hydrogen) atoms. The molecule has 0 aliphatic heterocycles. The summed E-state index contributed by atoms with van der Waals surface area (Å²) in [5, 5.41) is 43.3. The molecular formula is C22H19N3O7. The van der Waals surface area contributed by atoms with Gasteiger partial charge < -0.3 is 5.11 Å². The number of aryl methyl sites for hydroxylation is 2. The van der Waals surface area contributed by atoms with Crippen LogP contribution < -0.4 is 0 Å². The summed E-state index contributed by atoms with van der Waals surface area (Å²) >= 11 is 0.